The van der Waals surface area contributed by atoms with Gasteiger partial charge in [0.2, 0.25) is 6.33 Å². The second kappa shape index (κ2) is 23.7. The van der Waals surface area contributed by atoms with Crippen LogP contribution in [0, 0.1) is 61.6 Å². The number of rotatable bonds is 9. The summed E-state index contributed by atoms with van der Waals surface area (Å²) in [5.74, 6) is -0.730. The van der Waals surface area contributed by atoms with Gasteiger partial charge in [0, 0.05) is 89.1 Å². The third kappa shape index (κ3) is 12.2. The zero-order valence-corrected chi connectivity index (χ0v) is 52.7. The van der Waals surface area contributed by atoms with Crippen molar-refractivity contribution in [2.75, 3.05) is 0 Å². The fraction of sp³-hybridized carbons (Fsp3) is 0.233. The van der Waals surface area contributed by atoms with Crippen molar-refractivity contribution in [2.24, 2.45) is 7.05 Å². The summed E-state index contributed by atoms with van der Waals surface area (Å²) in [6.45, 7) is 25.4. The number of imidazole rings is 1. The fourth-order valence-electron chi connectivity index (χ4n) is 10.5. The van der Waals surface area contributed by atoms with Gasteiger partial charge in [0.25, 0.3) is 0 Å². The number of halogens is 4. The van der Waals surface area contributed by atoms with E-state index < -0.39 is 23.3 Å². The van der Waals surface area contributed by atoms with Crippen molar-refractivity contribution in [3.63, 3.8) is 0 Å². The summed E-state index contributed by atoms with van der Waals surface area (Å²) in [4.78, 5) is 24.0. The van der Waals surface area contributed by atoms with Gasteiger partial charge in [-0.3, -0.25) is 17.6 Å². The van der Waals surface area contributed by atoms with Crippen LogP contribution >= 0.6 is 0 Å². The third-order valence-electron chi connectivity index (χ3n) is 15.2. The molecule has 0 amide bonds. The van der Waals surface area contributed by atoms with E-state index in [0.717, 1.165) is 125 Å². The third-order valence-corrected chi connectivity index (χ3v) is 15.2. The minimum Gasteiger partial charge on any atom is -0.500 e. The van der Waals surface area contributed by atoms with Crippen molar-refractivity contribution in [3.8, 4) is 73.1 Å². The van der Waals surface area contributed by atoms with Gasteiger partial charge in [-0.1, -0.05) is 188 Å². The predicted molar refractivity (Wildman–Crippen MR) is 330 cm³/mol. The summed E-state index contributed by atoms with van der Waals surface area (Å²) in [7, 11) is 1.96. The van der Waals surface area contributed by atoms with Crippen molar-refractivity contribution in [3.05, 3.63) is 222 Å². The van der Waals surface area contributed by atoms with Crippen LogP contribution in [0.1, 0.15) is 115 Å². The summed E-state index contributed by atoms with van der Waals surface area (Å²) in [6, 6.07) is 45.1. The molecule has 1 radical (unpaired) electrons. The first-order chi connectivity index (χ1) is 40.4. The Morgan fingerprint density at radius 3 is 1.69 bits per heavy atom. The smallest absolute Gasteiger partial charge is 0.241 e. The Morgan fingerprint density at radius 2 is 1.15 bits per heavy atom. The Hall–Kier alpha value is -8.51. The minimum absolute atomic E-state index is 0. The number of pyridine rings is 2. The molecule has 0 unspecified atom stereocenters. The topological polar surface area (TPSA) is 86.4 Å². The zero-order chi connectivity index (χ0) is 60.4. The molecule has 86 heavy (non-hydrogen) atoms. The molecule has 0 aliphatic rings. The van der Waals surface area contributed by atoms with Gasteiger partial charge in [0.1, 0.15) is 17.2 Å². The van der Waals surface area contributed by atoms with Crippen LogP contribution < -0.4 is 4.57 Å². The summed E-state index contributed by atoms with van der Waals surface area (Å²) < 4.78 is 67.9. The summed E-state index contributed by atoms with van der Waals surface area (Å²) in [6.07, 6.45) is 9.16. The van der Waals surface area contributed by atoms with Crippen molar-refractivity contribution in [1.82, 2.24) is 29.5 Å². The molecule has 0 aliphatic heterocycles. The Morgan fingerprint density at radius 1 is 0.558 bits per heavy atom. The van der Waals surface area contributed by atoms with Crippen molar-refractivity contribution in [1.29, 1.82) is 0 Å². The monoisotopic (exact) mass is 1320 g/mol. The Bertz CT molecular complexity index is 4420. The van der Waals surface area contributed by atoms with Crippen molar-refractivity contribution >= 4 is 32.7 Å². The molecule has 0 saturated heterocycles. The number of furan rings is 1. The van der Waals surface area contributed by atoms with Crippen LogP contribution in [0.5, 0.6) is 0 Å². The maximum atomic E-state index is 14.9. The van der Waals surface area contributed by atoms with E-state index in [4.69, 9.17) is 24.4 Å². The van der Waals surface area contributed by atoms with E-state index in [9.17, 15) is 17.6 Å². The van der Waals surface area contributed by atoms with Gasteiger partial charge >= 0.3 is 0 Å². The number of hydrogen-bond donors (Lipinski definition) is 0. The van der Waals surface area contributed by atoms with E-state index in [1.54, 1.807) is 12.1 Å². The molecule has 5 heterocycles. The van der Waals surface area contributed by atoms with Gasteiger partial charge in [0.05, 0.1) is 12.6 Å². The van der Waals surface area contributed by atoms with Crippen molar-refractivity contribution in [2.45, 2.75) is 106 Å². The van der Waals surface area contributed by atoms with Gasteiger partial charge in [-0.25, -0.2) is 15.0 Å². The van der Waals surface area contributed by atoms with E-state index >= 15 is 0 Å². The van der Waals surface area contributed by atoms with E-state index in [1.165, 1.54) is 5.56 Å². The van der Waals surface area contributed by atoms with Crippen LogP contribution in [-0.2, 0) is 38.0 Å². The van der Waals surface area contributed by atoms with Crippen LogP contribution in [0.3, 0.4) is 0 Å². The van der Waals surface area contributed by atoms with Crippen LogP contribution in [-0.4, -0.2) is 29.5 Å². The van der Waals surface area contributed by atoms with E-state index in [-0.39, 0.29) is 65.3 Å². The molecular formula is C73H64F4IrN7O-3. The average Bonchev–Trinajstić information content (AvgIpc) is 1.59. The standard InChI is InChI=1S/C38H37N6O.C35H27F4N.Ir/c1-22-16-31(39-20-23(22)2)30-19-26(44-15-14-43(9)21-44)18-29-28-13-10-24-17-25(11-12-27(24)32(28)45-33(29)30)34-40-35(37(3,4)5)42-36(41-34)38(6,7)8;1-20(2)29-14-23(22-8-6-5-7-9-22)15-30(21(3)4)35(29)24-16-33(27-12-10-25(36)18-31(27)38)40-34(17-24)28-13-11-26(37)19-32(28)39;/h10-18,20H,1-9H3;5-11,14-21H,1-4H3;/q-1;-2;. The molecule has 0 aliphatic carbocycles. The normalized spacial score (nSPS) is 11.9. The van der Waals surface area contributed by atoms with Crippen LogP contribution in [0.2, 0.25) is 0 Å². The van der Waals surface area contributed by atoms with Crippen LogP contribution in [0.4, 0.5) is 17.6 Å². The van der Waals surface area contributed by atoms with Gasteiger partial charge in [-0.2, -0.15) is 0 Å². The van der Waals surface area contributed by atoms with Crippen molar-refractivity contribution < 1.29 is 46.7 Å². The molecule has 0 saturated carbocycles. The Balaban J connectivity index is 0.000000190. The van der Waals surface area contributed by atoms with Crippen LogP contribution in [0.15, 0.2) is 144 Å². The predicted octanol–water partition coefficient (Wildman–Crippen LogP) is 18.2. The first-order valence-corrected chi connectivity index (χ1v) is 28.4. The largest absolute Gasteiger partial charge is 0.500 e. The number of aromatic nitrogens is 7. The maximum absolute atomic E-state index is 14.9. The van der Waals surface area contributed by atoms with E-state index in [0.29, 0.717) is 11.4 Å². The fourth-order valence-corrected chi connectivity index (χ4v) is 10.5. The second-order valence-electron chi connectivity index (χ2n) is 24.5. The molecule has 0 fully saturated rings. The quantitative estimate of drug-likeness (QED) is 0.0813. The molecule has 437 valence electrons. The average molecular weight is 1320 g/mol. The molecule has 12 aromatic rings. The van der Waals surface area contributed by atoms with E-state index in [1.807, 2.05) is 53.0 Å². The molecule has 0 spiro atoms. The number of fused-ring (bicyclic) bond motifs is 5. The molecule has 8 nitrogen and oxygen atoms in total. The number of benzene rings is 7. The molecule has 13 heteroatoms. The molecule has 12 rings (SSSR count). The SMILES string of the molecule is CC(C)c1cc(-c2ccccc2)cc(C(C)C)c1-c1cc(-c2[c-]cc(F)cc2F)nc(-c2[c-]cc(F)cc2F)c1.Cc1cnc(-c2[c-]c(-n3[c-][n+](C)cc3)cc3c2oc2c4ccc(-c5nc(C(C)(C)C)nc(C(C)(C)C)n5)cc4ccc32)cc1C.[Ir]. The molecule has 0 bridgehead atoms. The summed E-state index contributed by atoms with van der Waals surface area (Å²) in [5, 5.41) is 4.11. The van der Waals surface area contributed by atoms with Crippen LogP contribution in [0.25, 0.3) is 106 Å². The molecule has 5 aromatic heterocycles. The minimum atomic E-state index is -0.841. The number of nitrogens with zero attached hydrogens (tertiary/aromatic N) is 7. The molecule has 0 N–H and O–H groups in total. The van der Waals surface area contributed by atoms with E-state index in [2.05, 4.69) is 179 Å². The Labute approximate surface area is 513 Å². The first-order valence-electron chi connectivity index (χ1n) is 28.4. The van der Waals surface area contributed by atoms with Gasteiger partial charge in [0.15, 0.2) is 5.82 Å². The summed E-state index contributed by atoms with van der Waals surface area (Å²) >= 11 is 0. The molecule has 7 aromatic carbocycles. The van der Waals surface area contributed by atoms with Gasteiger partial charge < -0.3 is 23.5 Å². The second-order valence-corrected chi connectivity index (χ2v) is 24.5. The first kappa shape index (κ1) is 60.6. The number of hydrogen-bond acceptors (Lipinski definition) is 6. The van der Waals surface area contributed by atoms with Gasteiger partial charge in [-0.05, 0) is 105 Å². The zero-order valence-electron chi connectivity index (χ0n) is 50.3. The Kier molecular flexibility index (Phi) is 16.7. The summed E-state index contributed by atoms with van der Waals surface area (Å²) in [5.41, 5.74) is 13.0. The maximum Gasteiger partial charge on any atom is 0.241 e. The molecular weight excluding hydrogens is 1260 g/mol. The molecule has 0 atom stereocenters. The number of aryl methyl sites for hydroxylation is 3. The van der Waals surface area contributed by atoms with Gasteiger partial charge in [-0.15, -0.1) is 36.4 Å².